The molecule has 0 saturated carbocycles. The molecule has 0 bridgehead atoms. The molecule has 3 aromatic carbocycles. The highest BCUT2D eigenvalue weighted by Gasteiger charge is 2.13. The Labute approximate surface area is 200 Å². The summed E-state index contributed by atoms with van der Waals surface area (Å²) >= 11 is 12.8. The number of nitrogens with zero attached hydrogens (tertiary/aromatic N) is 1. The van der Waals surface area contributed by atoms with Crippen molar-refractivity contribution in [3.63, 3.8) is 0 Å². The predicted octanol–water partition coefficient (Wildman–Crippen LogP) is 7.13. The zero-order chi connectivity index (χ0) is 22.4. The summed E-state index contributed by atoms with van der Waals surface area (Å²) in [4.78, 5) is 12.5. The lowest BCUT2D eigenvalue weighted by Crippen LogP contribution is -2.13. The molecule has 0 radical (unpaired) electrons. The van der Waals surface area contributed by atoms with Crippen LogP contribution < -0.4 is 10.1 Å². The average Bonchev–Trinajstić information content (AvgIpc) is 2.72. The lowest BCUT2D eigenvalue weighted by atomic mass is 10.1. The first kappa shape index (κ1) is 23.0. The number of amides is 1. The fraction of sp³-hybridized carbons (Fsp3) is 0.0435. The monoisotopic (exact) mass is 562 g/mol. The number of benzene rings is 3. The Bertz CT molecular complexity index is 1170. The number of halogens is 4. The molecule has 0 fully saturated rings. The second-order valence-electron chi connectivity index (χ2n) is 6.36. The zero-order valence-electron chi connectivity index (χ0n) is 15.8. The van der Waals surface area contributed by atoms with Gasteiger partial charge < -0.3 is 10.1 Å². The second kappa shape index (κ2) is 10.6. The molecule has 3 aromatic rings. The van der Waals surface area contributed by atoms with E-state index in [1.807, 2.05) is 6.07 Å². The Kier molecular flexibility index (Phi) is 7.85. The zero-order valence-corrected chi connectivity index (χ0v) is 19.8. The molecule has 8 heteroatoms. The molecule has 0 heterocycles. The number of hydrogen-bond donors (Lipinski definition) is 1. The lowest BCUT2D eigenvalue weighted by molar-refractivity contribution is -0.112. The van der Waals surface area contributed by atoms with Gasteiger partial charge in [0, 0.05) is 10.7 Å². The summed E-state index contributed by atoms with van der Waals surface area (Å²) in [6.07, 6.45) is 1.47. The molecule has 0 atom stereocenters. The van der Waals surface area contributed by atoms with E-state index >= 15 is 0 Å². The van der Waals surface area contributed by atoms with E-state index in [-0.39, 0.29) is 18.0 Å². The first-order valence-electron chi connectivity index (χ1n) is 8.90. The van der Waals surface area contributed by atoms with Crippen LogP contribution in [0.1, 0.15) is 11.1 Å². The lowest BCUT2D eigenvalue weighted by Gasteiger charge is -2.12. The van der Waals surface area contributed by atoms with Crippen molar-refractivity contribution in [2.75, 3.05) is 5.32 Å². The number of hydrogen-bond acceptors (Lipinski definition) is 3. The van der Waals surface area contributed by atoms with Crippen molar-refractivity contribution in [1.82, 2.24) is 0 Å². The maximum Gasteiger partial charge on any atom is 0.266 e. The number of nitrogens with one attached hydrogen (secondary N) is 1. The molecule has 0 aliphatic carbocycles. The van der Waals surface area contributed by atoms with Crippen LogP contribution in [0, 0.1) is 17.1 Å². The minimum Gasteiger partial charge on any atom is -0.487 e. The molecule has 0 aliphatic rings. The third-order valence-electron chi connectivity index (χ3n) is 4.08. The van der Waals surface area contributed by atoms with E-state index in [1.54, 1.807) is 48.5 Å². The number of carbonyl (C=O) groups is 1. The Balaban J connectivity index is 1.76. The van der Waals surface area contributed by atoms with Crippen molar-refractivity contribution in [2.45, 2.75) is 6.61 Å². The van der Waals surface area contributed by atoms with Crippen LogP contribution in [0.4, 0.5) is 10.1 Å². The highest BCUT2D eigenvalue weighted by Crippen LogP contribution is 2.36. The fourth-order valence-corrected chi connectivity index (χ4v) is 4.26. The smallest absolute Gasteiger partial charge is 0.266 e. The molecule has 0 unspecified atom stereocenters. The number of ether oxygens (including phenoxy) is 1. The van der Waals surface area contributed by atoms with Crippen LogP contribution in [-0.2, 0) is 11.4 Å². The number of nitriles is 1. The van der Waals surface area contributed by atoms with Crippen molar-refractivity contribution in [2.24, 2.45) is 0 Å². The molecule has 156 valence electrons. The second-order valence-corrected chi connectivity index (χ2v) is 8.51. The molecular weight excluding hydrogens is 551 g/mol. The number of rotatable bonds is 6. The summed E-state index contributed by atoms with van der Waals surface area (Å²) in [5, 5.41) is 12.6. The molecule has 1 amide bonds. The summed E-state index contributed by atoms with van der Waals surface area (Å²) in [5.41, 5.74) is 1.85. The van der Waals surface area contributed by atoms with Gasteiger partial charge in [0.05, 0.1) is 8.95 Å². The first-order chi connectivity index (χ1) is 14.9. The van der Waals surface area contributed by atoms with Crippen LogP contribution >= 0.6 is 43.5 Å². The van der Waals surface area contributed by atoms with Crippen LogP contribution in [0.25, 0.3) is 6.08 Å². The first-order valence-corrected chi connectivity index (χ1v) is 10.9. The predicted molar refractivity (Wildman–Crippen MR) is 126 cm³/mol. The molecular formula is C23H14Br2ClFN2O2. The Hall–Kier alpha value is -2.66. The third kappa shape index (κ3) is 6.41. The molecule has 31 heavy (non-hydrogen) atoms. The van der Waals surface area contributed by atoms with E-state index in [2.05, 4.69) is 37.2 Å². The summed E-state index contributed by atoms with van der Waals surface area (Å²) < 4.78 is 20.1. The van der Waals surface area contributed by atoms with Crippen LogP contribution in [0.2, 0.25) is 5.02 Å². The Morgan fingerprint density at radius 3 is 2.42 bits per heavy atom. The standard InChI is InChI=1S/C23H14Br2ClFN2O2/c24-20-9-15(8-16(12-28)23(30)29-19-3-1-2-17(26)11-19)10-21(25)22(20)31-13-14-4-6-18(27)7-5-14/h1-11H,13H2,(H,29,30)/b16-8+. The van der Waals surface area contributed by atoms with Crippen molar-refractivity contribution < 1.29 is 13.9 Å². The molecule has 3 rings (SSSR count). The normalized spacial score (nSPS) is 11.0. The number of anilines is 1. The molecule has 0 saturated heterocycles. The largest absolute Gasteiger partial charge is 0.487 e. The van der Waals surface area contributed by atoms with Crippen LogP contribution in [0.3, 0.4) is 0 Å². The van der Waals surface area contributed by atoms with Gasteiger partial charge in [0.15, 0.2) is 0 Å². The summed E-state index contributed by atoms with van der Waals surface area (Å²) in [6, 6.07) is 18.1. The van der Waals surface area contributed by atoms with Crippen LogP contribution in [0.5, 0.6) is 5.75 Å². The van der Waals surface area contributed by atoms with Gasteiger partial charge in [-0.15, -0.1) is 0 Å². The van der Waals surface area contributed by atoms with Crippen molar-refractivity contribution in [3.8, 4) is 11.8 Å². The average molecular weight is 565 g/mol. The van der Waals surface area contributed by atoms with E-state index in [0.717, 1.165) is 5.56 Å². The van der Waals surface area contributed by atoms with E-state index < -0.39 is 5.91 Å². The van der Waals surface area contributed by atoms with Crippen LogP contribution in [0.15, 0.2) is 75.2 Å². The maximum absolute atomic E-state index is 13.0. The topological polar surface area (TPSA) is 62.1 Å². The van der Waals surface area contributed by atoms with Gasteiger partial charge in [0.25, 0.3) is 5.91 Å². The van der Waals surface area contributed by atoms with Gasteiger partial charge in [0.1, 0.15) is 29.8 Å². The van der Waals surface area contributed by atoms with Gasteiger partial charge in [-0.25, -0.2) is 4.39 Å². The minimum absolute atomic E-state index is 0.0706. The van der Waals surface area contributed by atoms with Gasteiger partial charge in [0.2, 0.25) is 0 Å². The van der Waals surface area contributed by atoms with Crippen molar-refractivity contribution >= 4 is 61.1 Å². The van der Waals surface area contributed by atoms with E-state index in [4.69, 9.17) is 16.3 Å². The third-order valence-corrected chi connectivity index (χ3v) is 5.49. The van der Waals surface area contributed by atoms with Gasteiger partial charge in [-0.3, -0.25) is 4.79 Å². The van der Waals surface area contributed by atoms with E-state index in [1.165, 1.54) is 18.2 Å². The van der Waals surface area contributed by atoms with Crippen LogP contribution in [-0.4, -0.2) is 5.91 Å². The maximum atomic E-state index is 13.0. The molecule has 4 nitrogen and oxygen atoms in total. The molecule has 1 N–H and O–H groups in total. The highest BCUT2D eigenvalue weighted by molar-refractivity contribution is 9.11. The number of carbonyl (C=O) groups excluding carboxylic acids is 1. The van der Waals surface area contributed by atoms with Gasteiger partial charge in [-0.05, 0) is 91.5 Å². The highest BCUT2D eigenvalue weighted by atomic mass is 79.9. The van der Waals surface area contributed by atoms with Gasteiger partial charge in [-0.2, -0.15) is 5.26 Å². The minimum atomic E-state index is -0.548. The fourth-order valence-electron chi connectivity index (χ4n) is 2.62. The van der Waals surface area contributed by atoms with Gasteiger partial charge >= 0.3 is 0 Å². The summed E-state index contributed by atoms with van der Waals surface area (Å²) in [5.74, 6) is -0.313. The van der Waals surface area contributed by atoms with Crippen molar-refractivity contribution in [3.05, 3.63) is 97.1 Å². The SMILES string of the molecule is N#C/C(=C\c1cc(Br)c(OCc2ccc(F)cc2)c(Br)c1)C(=O)Nc1cccc(Cl)c1. The molecule has 0 spiro atoms. The van der Waals surface area contributed by atoms with Crippen molar-refractivity contribution in [1.29, 1.82) is 5.26 Å². The quantitative estimate of drug-likeness (QED) is 0.256. The summed E-state index contributed by atoms with van der Waals surface area (Å²) in [7, 11) is 0. The molecule has 0 aromatic heterocycles. The molecule has 0 aliphatic heterocycles. The van der Waals surface area contributed by atoms with E-state index in [0.29, 0.717) is 31.0 Å². The van der Waals surface area contributed by atoms with Gasteiger partial charge in [-0.1, -0.05) is 29.8 Å². The summed E-state index contributed by atoms with van der Waals surface area (Å²) in [6.45, 7) is 0.248. The Morgan fingerprint density at radius 1 is 1.13 bits per heavy atom. The van der Waals surface area contributed by atoms with E-state index in [9.17, 15) is 14.4 Å². The Morgan fingerprint density at radius 2 is 1.81 bits per heavy atom.